The maximum atomic E-state index is 13.6. The van der Waals surface area contributed by atoms with E-state index in [1.54, 1.807) is 19.1 Å². The molecule has 2 aliphatic heterocycles. The molecule has 2 aliphatic rings. The highest BCUT2D eigenvalue weighted by atomic mass is 35.5. The number of hydrogen-bond acceptors (Lipinski definition) is 4. The fraction of sp³-hybridized carbons (Fsp3) is 0.533. The molecule has 1 N–H and O–H groups in total. The zero-order chi connectivity index (χ0) is 26.7. The number of carbonyl (C=O) groups is 2. The van der Waals surface area contributed by atoms with Gasteiger partial charge in [-0.3, -0.25) is 14.5 Å². The van der Waals surface area contributed by atoms with Crippen molar-refractivity contribution in [3.8, 4) is 5.75 Å². The second-order valence-corrected chi connectivity index (χ2v) is 12.1. The highest BCUT2D eigenvalue weighted by Crippen LogP contribution is 2.36. The van der Waals surface area contributed by atoms with E-state index in [0.717, 1.165) is 50.1 Å². The Kier molecular flexibility index (Phi) is 8.49. The molecule has 1 unspecified atom stereocenters. The van der Waals surface area contributed by atoms with Gasteiger partial charge in [0.1, 0.15) is 5.75 Å². The first kappa shape index (κ1) is 27.5. The molecule has 2 amide bonds. The number of piperazine rings is 1. The summed E-state index contributed by atoms with van der Waals surface area (Å²) in [6.45, 7) is 11.9. The Morgan fingerprint density at radius 1 is 0.946 bits per heavy atom. The first-order valence-electron chi connectivity index (χ1n) is 13.4. The molecule has 6 nitrogen and oxygen atoms in total. The molecule has 2 aromatic carbocycles. The lowest BCUT2D eigenvalue weighted by molar-refractivity contribution is -0.141. The van der Waals surface area contributed by atoms with E-state index in [1.165, 1.54) is 0 Å². The molecule has 0 saturated carbocycles. The number of piperidine rings is 1. The fourth-order valence-corrected chi connectivity index (χ4v) is 5.94. The van der Waals surface area contributed by atoms with Crippen LogP contribution in [0.15, 0.2) is 48.5 Å². The van der Waals surface area contributed by atoms with Gasteiger partial charge in [0, 0.05) is 57.1 Å². The SMILES string of the molecule is CC(=O)N1CCC(CC(=O)N2CCN(C(c3ccc(O)cc3)c3ccc(Cl)cc3)C[C@@H]2C(C)(C)C)CC1. The molecule has 37 heavy (non-hydrogen) atoms. The van der Waals surface area contributed by atoms with Crippen LogP contribution in [-0.4, -0.2) is 70.4 Å². The third kappa shape index (κ3) is 6.66. The van der Waals surface area contributed by atoms with E-state index in [4.69, 9.17) is 11.6 Å². The van der Waals surface area contributed by atoms with Crippen LogP contribution in [0.2, 0.25) is 5.02 Å². The number of aromatic hydroxyl groups is 1. The Bertz CT molecular complexity index is 1030. The van der Waals surface area contributed by atoms with Crippen molar-refractivity contribution in [2.24, 2.45) is 11.3 Å². The Morgan fingerprint density at radius 3 is 2.05 bits per heavy atom. The van der Waals surface area contributed by atoms with Gasteiger partial charge in [-0.15, -0.1) is 0 Å². The molecule has 2 saturated heterocycles. The van der Waals surface area contributed by atoms with E-state index >= 15 is 0 Å². The van der Waals surface area contributed by atoms with E-state index in [-0.39, 0.29) is 35.1 Å². The molecule has 2 atom stereocenters. The lowest BCUT2D eigenvalue weighted by atomic mass is 9.82. The average molecular weight is 526 g/mol. The summed E-state index contributed by atoms with van der Waals surface area (Å²) >= 11 is 6.20. The number of likely N-dealkylation sites (tertiary alicyclic amines) is 1. The second-order valence-electron chi connectivity index (χ2n) is 11.7. The van der Waals surface area contributed by atoms with Gasteiger partial charge in [0.2, 0.25) is 11.8 Å². The minimum absolute atomic E-state index is 0.00382. The summed E-state index contributed by atoms with van der Waals surface area (Å²) in [6, 6.07) is 15.5. The van der Waals surface area contributed by atoms with Gasteiger partial charge in [-0.2, -0.15) is 0 Å². The van der Waals surface area contributed by atoms with Gasteiger partial charge in [0.05, 0.1) is 6.04 Å². The Hall–Kier alpha value is -2.57. The number of rotatable bonds is 5. The molecule has 7 heteroatoms. The molecule has 0 aliphatic carbocycles. The van der Waals surface area contributed by atoms with E-state index in [2.05, 4.69) is 42.7 Å². The Balaban J connectivity index is 1.53. The van der Waals surface area contributed by atoms with Gasteiger partial charge in [-0.25, -0.2) is 0 Å². The van der Waals surface area contributed by atoms with Crippen LogP contribution in [0.4, 0.5) is 0 Å². The quantitative estimate of drug-likeness (QED) is 0.572. The van der Waals surface area contributed by atoms with Crippen LogP contribution >= 0.6 is 11.6 Å². The van der Waals surface area contributed by atoms with Crippen LogP contribution in [-0.2, 0) is 9.59 Å². The largest absolute Gasteiger partial charge is 0.508 e. The summed E-state index contributed by atoms with van der Waals surface area (Å²) in [6.07, 6.45) is 2.34. The van der Waals surface area contributed by atoms with Crippen molar-refractivity contribution < 1.29 is 14.7 Å². The van der Waals surface area contributed by atoms with Crippen molar-refractivity contribution in [3.05, 3.63) is 64.7 Å². The van der Waals surface area contributed by atoms with Gasteiger partial charge in [0.15, 0.2) is 0 Å². The van der Waals surface area contributed by atoms with Crippen molar-refractivity contribution >= 4 is 23.4 Å². The minimum atomic E-state index is -0.0914. The molecule has 0 spiro atoms. The third-order valence-corrected chi connectivity index (χ3v) is 8.27. The number of nitrogens with zero attached hydrogens (tertiary/aromatic N) is 3. The zero-order valence-corrected chi connectivity index (χ0v) is 23.2. The predicted octanol–water partition coefficient (Wildman–Crippen LogP) is 5.34. The summed E-state index contributed by atoms with van der Waals surface area (Å²) in [5.41, 5.74) is 2.15. The number of benzene rings is 2. The van der Waals surface area contributed by atoms with Gasteiger partial charge in [-0.05, 0) is 59.6 Å². The van der Waals surface area contributed by atoms with Crippen LogP contribution in [0.3, 0.4) is 0 Å². The number of phenolic OH excluding ortho intramolecular Hbond substituents is 1. The number of amides is 2. The van der Waals surface area contributed by atoms with Crippen LogP contribution in [0.1, 0.15) is 64.1 Å². The van der Waals surface area contributed by atoms with Crippen LogP contribution < -0.4 is 0 Å². The lowest BCUT2D eigenvalue weighted by Gasteiger charge is -2.50. The van der Waals surface area contributed by atoms with Crippen molar-refractivity contribution in [2.75, 3.05) is 32.7 Å². The monoisotopic (exact) mass is 525 g/mol. The highest BCUT2D eigenvalue weighted by Gasteiger charge is 2.40. The molecule has 4 rings (SSSR count). The summed E-state index contributed by atoms with van der Waals surface area (Å²) in [5.74, 6) is 0.933. The maximum Gasteiger partial charge on any atom is 0.223 e. The Labute approximate surface area is 226 Å². The van der Waals surface area contributed by atoms with Crippen molar-refractivity contribution in [3.63, 3.8) is 0 Å². The molecule has 0 radical (unpaired) electrons. The summed E-state index contributed by atoms with van der Waals surface area (Å²) < 4.78 is 0. The maximum absolute atomic E-state index is 13.6. The number of phenols is 1. The first-order valence-corrected chi connectivity index (χ1v) is 13.7. The van der Waals surface area contributed by atoms with E-state index in [9.17, 15) is 14.7 Å². The second kappa shape index (κ2) is 11.4. The van der Waals surface area contributed by atoms with Crippen LogP contribution in [0.25, 0.3) is 0 Å². The zero-order valence-electron chi connectivity index (χ0n) is 22.5. The van der Waals surface area contributed by atoms with Crippen molar-refractivity contribution in [1.29, 1.82) is 0 Å². The highest BCUT2D eigenvalue weighted by molar-refractivity contribution is 6.30. The number of hydrogen-bond donors (Lipinski definition) is 1. The van der Waals surface area contributed by atoms with Crippen LogP contribution in [0, 0.1) is 11.3 Å². The molecular weight excluding hydrogens is 486 g/mol. The molecule has 0 aromatic heterocycles. The van der Waals surface area contributed by atoms with Crippen molar-refractivity contribution in [1.82, 2.24) is 14.7 Å². The first-order chi connectivity index (χ1) is 17.5. The minimum Gasteiger partial charge on any atom is -0.508 e. The molecule has 2 aromatic rings. The van der Waals surface area contributed by atoms with E-state index < -0.39 is 0 Å². The van der Waals surface area contributed by atoms with E-state index in [0.29, 0.717) is 23.9 Å². The Morgan fingerprint density at radius 2 is 1.51 bits per heavy atom. The van der Waals surface area contributed by atoms with Gasteiger partial charge >= 0.3 is 0 Å². The topological polar surface area (TPSA) is 64.1 Å². The number of halogens is 1. The molecule has 200 valence electrons. The predicted molar refractivity (Wildman–Crippen MR) is 148 cm³/mol. The third-order valence-electron chi connectivity index (χ3n) is 8.01. The van der Waals surface area contributed by atoms with E-state index in [1.807, 2.05) is 29.2 Å². The normalized spacial score (nSPS) is 20.6. The van der Waals surface area contributed by atoms with Gasteiger partial charge in [-0.1, -0.05) is 56.6 Å². The standard InChI is InChI=1S/C30H40ClN3O3/c1-21(35)32-15-13-22(14-16-32)19-28(37)34-18-17-33(20-27(34)30(2,3)4)29(23-5-9-25(31)10-6-23)24-7-11-26(36)12-8-24/h5-12,22,27,29,36H,13-20H2,1-4H3/t27-,29?/m1/s1. The number of carbonyl (C=O) groups excluding carboxylic acids is 2. The summed E-state index contributed by atoms with van der Waals surface area (Å²) in [7, 11) is 0. The van der Waals surface area contributed by atoms with Gasteiger partial charge in [0.25, 0.3) is 0 Å². The van der Waals surface area contributed by atoms with Crippen LogP contribution in [0.5, 0.6) is 5.75 Å². The molecule has 0 bridgehead atoms. The summed E-state index contributed by atoms with van der Waals surface area (Å²) in [4.78, 5) is 31.8. The lowest BCUT2D eigenvalue weighted by Crippen LogP contribution is -2.60. The van der Waals surface area contributed by atoms with Crippen molar-refractivity contribution in [2.45, 2.75) is 59.0 Å². The van der Waals surface area contributed by atoms with Gasteiger partial charge < -0.3 is 14.9 Å². The molecular formula is C30H40ClN3O3. The molecule has 2 fully saturated rings. The fourth-order valence-electron chi connectivity index (χ4n) is 5.81. The molecule has 2 heterocycles. The smallest absolute Gasteiger partial charge is 0.223 e. The summed E-state index contributed by atoms with van der Waals surface area (Å²) in [5, 5.41) is 10.6. The average Bonchev–Trinajstić information content (AvgIpc) is 2.86.